The molecule has 2 fully saturated rings. The van der Waals surface area contributed by atoms with Crippen molar-refractivity contribution in [2.45, 2.75) is 12.5 Å². The van der Waals surface area contributed by atoms with Crippen molar-refractivity contribution in [3.63, 3.8) is 0 Å². The summed E-state index contributed by atoms with van der Waals surface area (Å²) in [5, 5.41) is 3.38. The number of halogens is 1. The fourth-order valence-electron chi connectivity index (χ4n) is 2.61. The molecule has 4 heteroatoms. The molecular weight excluding hydrogens is 193 g/mol. The van der Waals surface area contributed by atoms with E-state index in [1.54, 1.807) is 12.3 Å². The van der Waals surface area contributed by atoms with Gasteiger partial charge in [0.25, 0.3) is 0 Å². The van der Waals surface area contributed by atoms with Crippen LogP contribution in [-0.4, -0.2) is 30.7 Å². The molecule has 1 N–H and O–H groups in total. The van der Waals surface area contributed by atoms with Crippen LogP contribution in [0, 0.1) is 11.7 Å². The zero-order valence-electron chi connectivity index (χ0n) is 8.49. The average molecular weight is 207 g/mol. The fourth-order valence-corrected chi connectivity index (χ4v) is 2.61. The number of nitrogens with one attached hydrogen (secondary N) is 1. The van der Waals surface area contributed by atoms with Gasteiger partial charge in [0.15, 0.2) is 0 Å². The van der Waals surface area contributed by atoms with Crippen molar-refractivity contribution in [1.82, 2.24) is 10.3 Å². The SMILES string of the molecule is Fc1cncc(N2C[C@@H]3CNCC[C@@H]32)c1. The molecule has 80 valence electrons. The molecular formula is C11H14FN3. The van der Waals surface area contributed by atoms with Gasteiger partial charge in [0.05, 0.1) is 18.1 Å². The minimum absolute atomic E-state index is 0.245. The van der Waals surface area contributed by atoms with Crippen molar-refractivity contribution < 1.29 is 4.39 Å². The second kappa shape index (κ2) is 3.45. The minimum atomic E-state index is -0.245. The van der Waals surface area contributed by atoms with Crippen LogP contribution in [0.2, 0.25) is 0 Å². The van der Waals surface area contributed by atoms with Gasteiger partial charge in [-0.2, -0.15) is 0 Å². The lowest BCUT2D eigenvalue weighted by Gasteiger charge is -2.52. The number of hydrogen-bond donors (Lipinski definition) is 1. The Balaban J connectivity index is 1.79. The van der Waals surface area contributed by atoms with Crippen molar-refractivity contribution in [2.75, 3.05) is 24.5 Å². The van der Waals surface area contributed by atoms with E-state index in [2.05, 4.69) is 15.2 Å². The van der Waals surface area contributed by atoms with Crippen LogP contribution >= 0.6 is 0 Å². The Kier molecular flexibility index (Phi) is 2.09. The van der Waals surface area contributed by atoms with E-state index in [1.165, 1.54) is 6.20 Å². The summed E-state index contributed by atoms with van der Waals surface area (Å²) in [5.74, 6) is 0.493. The molecule has 1 aromatic rings. The molecule has 15 heavy (non-hydrogen) atoms. The summed E-state index contributed by atoms with van der Waals surface area (Å²) >= 11 is 0. The molecule has 0 amide bonds. The Hall–Kier alpha value is -1.16. The largest absolute Gasteiger partial charge is 0.366 e. The lowest BCUT2D eigenvalue weighted by molar-refractivity contribution is 0.230. The quantitative estimate of drug-likeness (QED) is 0.745. The van der Waals surface area contributed by atoms with Crippen LogP contribution in [-0.2, 0) is 0 Å². The number of anilines is 1. The Bertz CT molecular complexity index is 369. The zero-order chi connectivity index (χ0) is 10.3. The Morgan fingerprint density at radius 3 is 3.20 bits per heavy atom. The van der Waals surface area contributed by atoms with E-state index in [9.17, 15) is 4.39 Å². The van der Waals surface area contributed by atoms with Gasteiger partial charge in [-0.3, -0.25) is 4.98 Å². The van der Waals surface area contributed by atoms with Crippen LogP contribution in [0.1, 0.15) is 6.42 Å². The number of pyridine rings is 1. The predicted octanol–water partition coefficient (Wildman–Crippen LogP) is 1.02. The van der Waals surface area contributed by atoms with E-state index >= 15 is 0 Å². The van der Waals surface area contributed by atoms with Gasteiger partial charge in [0.1, 0.15) is 5.82 Å². The molecule has 2 aliphatic heterocycles. The van der Waals surface area contributed by atoms with Gasteiger partial charge < -0.3 is 10.2 Å². The highest BCUT2D eigenvalue weighted by molar-refractivity contribution is 5.49. The van der Waals surface area contributed by atoms with E-state index in [4.69, 9.17) is 0 Å². The summed E-state index contributed by atoms with van der Waals surface area (Å²) < 4.78 is 13.0. The smallest absolute Gasteiger partial charge is 0.143 e. The second-order valence-electron chi connectivity index (χ2n) is 4.33. The molecule has 0 bridgehead atoms. The topological polar surface area (TPSA) is 28.2 Å². The van der Waals surface area contributed by atoms with Gasteiger partial charge in [-0.25, -0.2) is 4.39 Å². The third-order valence-electron chi connectivity index (χ3n) is 3.42. The van der Waals surface area contributed by atoms with E-state index in [0.717, 1.165) is 37.7 Å². The van der Waals surface area contributed by atoms with Crippen LogP contribution in [0.15, 0.2) is 18.5 Å². The molecule has 3 rings (SSSR count). The molecule has 0 radical (unpaired) electrons. The van der Waals surface area contributed by atoms with Gasteiger partial charge >= 0.3 is 0 Å². The van der Waals surface area contributed by atoms with Crippen molar-refractivity contribution in [1.29, 1.82) is 0 Å². The highest BCUT2D eigenvalue weighted by atomic mass is 19.1. The molecule has 0 unspecified atom stereocenters. The lowest BCUT2D eigenvalue weighted by atomic mass is 9.83. The Labute approximate surface area is 88.3 Å². The summed E-state index contributed by atoms with van der Waals surface area (Å²) in [6.45, 7) is 3.20. The van der Waals surface area contributed by atoms with Gasteiger partial charge in [0, 0.05) is 31.1 Å². The molecule has 2 aliphatic rings. The zero-order valence-corrected chi connectivity index (χ0v) is 8.49. The Morgan fingerprint density at radius 2 is 2.40 bits per heavy atom. The average Bonchev–Trinajstić information content (AvgIpc) is 2.20. The van der Waals surface area contributed by atoms with Gasteiger partial charge in [-0.15, -0.1) is 0 Å². The number of aromatic nitrogens is 1. The van der Waals surface area contributed by atoms with Crippen LogP contribution in [0.25, 0.3) is 0 Å². The van der Waals surface area contributed by atoms with Crippen LogP contribution in [0.5, 0.6) is 0 Å². The molecule has 0 aliphatic carbocycles. The monoisotopic (exact) mass is 207 g/mol. The number of nitrogens with zero attached hydrogens (tertiary/aromatic N) is 2. The first-order chi connectivity index (χ1) is 7.34. The maximum Gasteiger partial charge on any atom is 0.143 e. The van der Waals surface area contributed by atoms with E-state index in [0.29, 0.717) is 6.04 Å². The Morgan fingerprint density at radius 1 is 1.47 bits per heavy atom. The first-order valence-electron chi connectivity index (χ1n) is 5.42. The summed E-state index contributed by atoms with van der Waals surface area (Å²) in [6, 6.07) is 2.17. The van der Waals surface area contributed by atoms with E-state index < -0.39 is 0 Å². The highest BCUT2D eigenvalue weighted by Crippen LogP contribution is 2.33. The third-order valence-corrected chi connectivity index (χ3v) is 3.42. The van der Waals surface area contributed by atoms with Gasteiger partial charge in [-0.1, -0.05) is 0 Å². The van der Waals surface area contributed by atoms with E-state index in [-0.39, 0.29) is 5.82 Å². The van der Waals surface area contributed by atoms with Crippen LogP contribution in [0.4, 0.5) is 10.1 Å². The number of piperidine rings is 1. The number of hydrogen-bond acceptors (Lipinski definition) is 3. The minimum Gasteiger partial charge on any atom is -0.366 e. The molecule has 0 aromatic carbocycles. The molecule has 2 saturated heterocycles. The first-order valence-corrected chi connectivity index (χ1v) is 5.42. The molecule has 0 saturated carbocycles. The highest BCUT2D eigenvalue weighted by Gasteiger charge is 2.40. The molecule has 3 nitrogen and oxygen atoms in total. The maximum absolute atomic E-state index is 13.0. The van der Waals surface area contributed by atoms with Crippen LogP contribution < -0.4 is 10.2 Å². The van der Waals surface area contributed by atoms with Gasteiger partial charge in [-0.05, 0) is 13.0 Å². The molecule has 0 spiro atoms. The first kappa shape index (κ1) is 9.09. The van der Waals surface area contributed by atoms with E-state index in [1.807, 2.05) is 0 Å². The number of rotatable bonds is 1. The number of fused-ring (bicyclic) bond motifs is 1. The molecule has 2 atom stereocenters. The molecule has 3 heterocycles. The fraction of sp³-hybridized carbons (Fsp3) is 0.545. The van der Waals surface area contributed by atoms with Crippen molar-refractivity contribution in [2.24, 2.45) is 5.92 Å². The van der Waals surface area contributed by atoms with Crippen LogP contribution in [0.3, 0.4) is 0 Å². The summed E-state index contributed by atoms with van der Waals surface area (Å²) in [5.41, 5.74) is 0.929. The maximum atomic E-state index is 13.0. The lowest BCUT2D eigenvalue weighted by Crippen LogP contribution is -2.63. The van der Waals surface area contributed by atoms with Crippen molar-refractivity contribution >= 4 is 5.69 Å². The summed E-state index contributed by atoms with van der Waals surface area (Å²) in [7, 11) is 0. The second-order valence-corrected chi connectivity index (χ2v) is 4.33. The predicted molar refractivity (Wildman–Crippen MR) is 56.3 cm³/mol. The molecule has 1 aromatic heterocycles. The standard InChI is InChI=1S/C11H14FN3/c12-9-3-10(6-14-5-9)15-7-8-4-13-2-1-11(8)15/h3,5-6,8,11,13H,1-2,4,7H2/t8-,11-/m0/s1. The van der Waals surface area contributed by atoms with Crippen molar-refractivity contribution in [3.05, 3.63) is 24.3 Å². The summed E-state index contributed by atoms with van der Waals surface area (Å²) in [4.78, 5) is 6.16. The normalized spacial score (nSPS) is 29.5. The van der Waals surface area contributed by atoms with Gasteiger partial charge in [0.2, 0.25) is 0 Å². The van der Waals surface area contributed by atoms with Crippen molar-refractivity contribution in [3.8, 4) is 0 Å². The summed E-state index contributed by atoms with van der Waals surface area (Å²) in [6.07, 6.45) is 4.16. The third kappa shape index (κ3) is 1.49.